The van der Waals surface area contributed by atoms with Crippen molar-refractivity contribution in [3.8, 4) is 0 Å². The van der Waals surface area contributed by atoms with Gasteiger partial charge in [-0.1, -0.05) is 70.7 Å². The fourth-order valence-corrected chi connectivity index (χ4v) is 5.56. The number of furan rings is 1. The number of aryl methyl sites for hydroxylation is 1. The third-order valence-electron chi connectivity index (χ3n) is 5.95. The second-order valence-electron chi connectivity index (χ2n) is 9.15. The highest BCUT2D eigenvalue weighted by Crippen LogP contribution is 2.26. The molecular formula is C29H25Cl3N4O5S. The molecule has 0 fully saturated rings. The Morgan fingerprint density at radius 1 is 0.857 bits per heavy atom. The Morgan fingerprint density at radius 2 is 1.55 bits per heavy atom. The van der Waals surface area contributed by atoms with Crippen LogP contribution in [0.4, 0.5) is 0 Å². The lowest BCUT2D eigenvalue weighted by Gasteiger charge is -2.22. The zero-order valence-corrected chi connectivity index (χ0v) is 25.3. The highest BCUT2D eigenvalue weighted by molar-refractivity contribution is 7.89. The van der Waals surface area contributed by atoms with Crippen LogP contribution in [-0.4, -0.2) is 30.8 Å². The standard InChI is InChI=1S/C29H25Cl3N4O5S/c1-19-2-11-25(12-3-19)42(39,40)36(17-21-6-13-26(31)27(32)14-21)18-24-10-9-23(41-24)16-34-35-29(38)28(37)33-15-20-4-7-22(30)8-5-20/h2-14,16H,15,17-18H2,1H3,(H,33,37)(H,35,38)/b34-16+. The molecule has 0 spiro atoms. The number of hydrazone groups is 1. The number of sulfonamides is 1. The molecule has 42 heavy (non-hydrogen) atoms. The van der Waals surface area contributed by atoms with Crippen molar-refractivity contribution in [3.63, 3.8) is 0 Å². The third-order valence-corrected chi connectivity index (χ3v) is 8.74. The van der Waals surface area contributed by atoms with Crippen LogP contribution in [0.25, 0.3) is 0 Å². The van der Waals surface area contributed by atoms with Crippen molar-refractivity contribution in [2.75, 3.05) is 0 Å². The molecule has 3 aromatic carbocycles. The molecule has 0 aliphatic rings. The van der Waals surface area contributed by atoms with E-state index in [4.69, 9.17) is 39.2 Å². The van der Waals surface area contributed by atoms with Crippen LogP contribution in [0.5, 0.6) is 0 Å². The fraction of sp³-hybridized carbons (Fsp3) is 0.138. The van der Waals surface area contributed by atoms with E-state index in [1.54, 1.807) is 78.9 Å². The summed E-state index contributed by atoms with van der Waals surface area (Å²) in [5.74, 6) is -1.29. The van der Waals surface area contributed by atoms with Gasteiger partial charge in [0.1, 0.15) is 11.5 Å². The summed E-state index contributed by atoms with van der Waals surface area (Å²) in [5, 5.41) is 7.46. The van der Waals surface area contributed by atoms with E-state index in [1.807, 2.05) is 6.92 Å². The minimum atomic E-state index is -3.94. The number of nitrogens with zero attached hydrogens (tertiary/aromatic N) is 2. The van der Waals surface area contributed by atoms with Gasteiger partial charge in [0.2, 0.25) is 10.0 Å². The summed E-state index contributed by atoms with van der Waals surface area (Å²) in [6, 6.07) is 21.4. The monoisotopic (exact) mass is 646 g/mol. The van der Waals surface area contributed by atoms with Crippen LogP contribution in [0.15, 0.2) is 93.3 Å². The third kappa shape index (κ3) is 8.43. The van der Waals surface area contributed by atoms with Gasteiger partial charge in [-0.05, 0) is 66.6 Å². The lowest BCUT2D eigenvalue weighted by molar-refractivity contribution is -0.139. The number of nitrogens with one attached hydrogen (secondary N) is 2. The number of hydrogen-bond acceptors (Lipinski definition) is 6. The van der Waals surface area contributed by atoms with Gasteiger partial charge in [0.05, 0.1) is 27.7 Å². The Morgan fingerprint density at radius 3 is 2.24 bits per heavy atom. The van der Waals surface area contributed by atoms with Crippen molar-refractivity contribution in [1.82, 2.24) is 15.0 Å². The van der Waals surface area contributed by atoms with E-state index in [2.05, 4.69) is 15.8 Å². The molecule has 0 aliphatic carbocycles. The maximum atomic E-state index is 13.6. The zero-order valence-electron chi connectivity index (χ0n) is 22.2. The Labute approximate surface area is 258 Å². The van der Waals surface area contributed by atoms with E-state index < -0.39 is 21.8 Å². The van der Waals surface area contributed by atoms with Crippen molar-refractivity contribution >= 4 is 62.9 Å². The first-order chi connectivity index (χ1) is 20.0. The van der Waals surface area contributed by atoms with E-state index in [0.29, 0.717) is 26.4 Å². The molecule has 13 heteroatoms. The van der Waals surface area contributed by atoms with Gasteiger partial charge in [0.15, 0.2) is 0 Å². The molecule has 0 aliphatic heterocycles. The highest BCUT2D eigenvalue weighted by atomic mass is 35.5. The Bertz CT molecular complexity index is 1710. The average molecular weight is 648 g/mol. The zero-order chi connectivity index (χ0) is 30.3. The molecule has 4 aromatic rings. The van der Waals surface area contributed by atoms with Gasteiger partial charge in [-0.15, -0.1) is 0 Å². The van der Waals surface area contributed by atoms with Crippen LogP contribution in [0.1, 0.15) is 28.2 Å². The second kappa shape index (κ2) is 14.0. The molecule has 2 amide bonds. The number of hydrogen-bond donors (Lipinski definition) is 2. The van der Waals surface area contributed by atoms with E-state index in [0.717, 1.165) is 11.1 Å². The van der Waals surface area contributed by atoms with Gasteiger partial charge in [-0.2, -0.15) is 9.41 Å². The largest absolute Gasteiger partial charge is 0.459 e. The number of halogens is 3. The van der Waals surface area contributed by atoms with E-state index >= 15 is 0 Å². The smallest absolute Gasteiger partial charge is 0.329 e. The molecular weight excluding hydrogens is 623 g/mol. The summed E-state index contributed by atoms with van der Waals surface area (Å²) in [5.41, 5.74) is 4.45. The topological polar surface area (TPSA) is 121 Å². The fourth-order valence-electron chi connectivity index (χ4n) is 3.72. The van der Waals surface area contributed by atoms with Crippen molar-refractivity contribution in [2.45, 2.75) is 31.5 Å². The van der Waals surface area contributed by atoms with Crippen LogP contribution in [0, 0.1) is 6.92 Å². The molecule has 1 heterocycles. The lowest BCUT2D eigenvalue weighted by atomic mass is 10.2. The maximum absolute atomic E-state index is 13.6. The number of carbonyl (C=O) groups excluding carboxylic acids is 2. The Balaban J connectivity index is 1.42. The summed E-state index contributed by atoms with van der Waals surface area (Å²) >= 11 is 18.0. The highest BCUT2D eigenvalue weighted by Gasteiger charge is 2.26. The Kier molecular flexibility index (Phi) is 10.4. The molecule has 0 saturated carbocycles. The maximum Gasteiger partial charge on any atom is 0.329 e. The molecule has 0 bridgehead atoms. The molecule has 4 rings (SSSR count). The normalized spacial score (nSPS) is 11.6. The van der Waals surface area contributed by atoms with Crippen molar-refractivity contribution in [1.29, 1.82) is 0 Å². The SMILES string of the molecule is Cc1ccc(S(=O)(=O)N(Cc2ccc(Cl)c(Cl)c2)Cc2ccc(/C=N/NC(=O)C(=O)NCc3ccc(Cl)cc3)o2)cc1. The number of benzene rings is 3. The van der Waals surface area contributed by atoms with Crippen LogP contribution in [0.2, 0.25) is 15.1 Å². The summed E-state index contributed by atoms with van der Waals surface area (Å²) in [4.78, 5) is 24.2. The molecule has 1 aromatic heterocycles. The summed E-state index contributed by atoms with van der Waals surface area (Å²) in [6.07, 6.45) is 1.20. The van der Waals surface area contributed by atoms with Crippen molar-refractivity contribution < 1.29 is 22.4 Å². The quantitative estimate of drug-likeness (QED) is 0.130. The van der Waals surface area contributed by atoms with Crippen LogP contribution >= 0.6 is 34.8 Å². The molecule has 2 N–H and O–H groups in total. The molecule has 0 saturated heterocycles. The Hall–Kier alpha value is -3.67. The van der Waals surface area contributed by atoms with Gasteiger partial charge >= 0.3 is 11.8 Å². The first-order valence-electron chi connectivity index (χ1n) is 12.5. The van der Waals surface area contributed by atoms with Gasteiger partial charge in [0.25, 0.3) is 0 Å². The molecule has 9 nitrogen and oxygen atoms in total. The van der Waals surface area contributed by atoms with E-state index in [1.165, 1.54) is 10.5 Å². The van der Waals surface area contributed by atoms with Gasteiger partial charge in [0, 0.05) is 18.1 Å². The first-order valence-corrected chi connectivity index (χ1v) is 15.0. The number of amides is 2. The predicted molar refractivity (Wildman–Crippen MR) is 162 cm³/mol. The van der Waals surface area contributed by atoms with Crippen molar-refractivity contribution in [3.05, 3.63) is 122 Å². The second-order valence-corrected chi connectivity index (χ2v) is 12.3. The predicted octanol–water partition coefficient (Wildman–Crippen LogP) is 5.71. The van der Waals surface area contributed by atoms with Crippen LogP contribution < -0.4 is 10.7 Å². The van der Waals surface area contributed by atoms with E-state index in [9.17, 15) is 18.0 Å². The van der Waals surface area contributed by atoms with Crippen LogP contribution in [-0.2, 0) is 39.2 Å². The summed E-state index contributed by atoms with van der Waals surface area (Å²) < 4.78 is 34.2. The number of carbonyl (C=O) groups is 2. The first kappa shape index (κ1) is 31.3. The summed E-state index contributed by atoms with van der Waals surface area (Å²) in [7, 11) is -3.94. The van der Waals surface area contributed by atoms with Gasteiger partial charge in [-0.3, -0.25) is 9.59 Å². The minimum absolute atomic E-state index is 0.00158. The van der Waals surface area contributed by atoms with Gasteiger partial charge in [-0.25, -0.2) is 13.8 Å². The molecule has 218 valence electrons. The molecule has 0 unspecified atom stereocenters. The summed E-state index contributed by atoms with van der Waals surface area (Å²) in [6.45, 7) is 1.90. The molecule has 0 atom stereocenters. The average Bonchev–Trinajstić information content (AvgIpc) is 3.41. The molecule has 0 radical (unpaired) electrons. The van der Waals surface area contributed by atoms with Gasteiger partial charge < -0.3 is 9.73 Å². The van der Waals surface area contributed by atoms with Crippen LogP contribution in [0.3, 0.4) is 0 Å². The minimum Gasteiger partial charge on any atom is -0.459 e. The lowest BCUT2D eigenvalue weighted by Crippen LogP contribution is -2.37. The number of rotatable bonds is 10. The van der Waals surface area contributed by atoms with Crippen molar-refractivity contribution in [2.24, 2.45) is 5.10 Å². The van der Waals surface area contributed by atoms with E-state index in [-0.39, 0.29) is 30.3 Å².